The number of aromatic nitrogens is 6. The molecule has 25 rings (SSSR count). The molecule has 5 heterocycles. The van der Waals surface area contributed by atoms with E-state index in [0.29, 0.717) is 5.02 Å². The van der Waals surface area contributed by atoms with Crippen molar-refractivity contribution in [3.8, 4) is 90.0 Å². The first-order valence-corrected chi connectivity index (χ1v) is 44.0. The summed E-state index contributed by atoms with van der Waals surface area (Å²) in [6, 6.07) is 151. The fourth-order valence-corrected chi connectivity index (χ4v) is 19.2. The Bertz CT molecular complexity index is 8530. The van der Waals surface area contributed by atoms with Gasteiger partial charge in [0.15, 0.2) is 0 Å². The van der Waals surface area contributed by atoms with E-state index in [9.17, 15) is 0 Å². The molecule has 0 amide bonds. The van der Waals surface area contributed by atoms with E-state index in [1.165, 1.54) is 92.1 Å². The summed E-state index contributed by atoms with van der Waals surface area (Å²) in [7, 11) is -0.364. The molecule has 0 atom stereocenters. The zero-order valence-corrected chi connectivity index (χ0v) is 76.3. The monoisotopic (exact) mass is 1900 g/mol. The zero-order valence-electron chi connectivity index (χ0n) is 71.4. The van der Waals surface area contributed by atoms with Crippen LogP contribution in [0, 0.1) is 31.1 Å². The normalized spacial score (nSPS) is 13.0. The van der Waals surface area contributed by atoms with Crippen molar-refractivity contribution in [1.82, 2.24) is 29.1 Å². The van der Waals surface area contributed by atoms with E-state index in [1.54, 1.807) is 0 Å². The Balaban J connectivity index is 0.000000121. The van der Waals surface area contributed by atoms with Crippen LogP contribution >= 0.6 is 11.6 Å². The predicted octanol–water partition coefficient (Wildman–Crippen LogP) is 30.7. The van der Waals surface area contributed by atoms with Gasteiger partial charge in [0, 0.05) is 86.3 Å². The van der Waals surface area contributed by atoms with Crippen molar-refractivity contribution in [2.75, 3.05) is 0 Å². The first kappa shape index (κ1) is 80.4. The van der Waals surface area contributed by atoms with E-state index >= 15 is 0 Å². The maximum Gasteiger partial charge on any atom is 0.494 e. The molecule has 4 aromatic heterocycles. The minimum absolute atomic E-state index is 0. The third-order valence-electron chi connectivity index (χ3n) is 26.1. The van der Waals surface area contributed by atoms with Gasteiger partial charge in [0.1, 0.15) is 11.6 Å². The van der Waals surface area contributed by atoms with Crippen LogP contribution in [-0.4, -0.2) is 47.4 Å². The summed E-state index contributed by atoms with van der Waals surface area (Å²) in [6.07, 6.45) is 0. The molecule has 1 aliphatic heterocycles. The van der Waals surface area contributed by atoms with E-state index in [-0.39, 0.29) is 49.4 Å². The molecule has 8 nitrogen and oxygen atoms in total. The quantitative estimate of drug-likeness (QED) is 0.100. The summed E-state index contributed by atoms with van der Waals surface area (Å²) in [6.45, 7) is 8.30. The average molecular weight is 1900 g/mol. The van der Waals surface area contributed by atoms with E-state index in [1.807, 2.05) is 42.5 Å². The molecule has 24 aromatic rings. The van der Waals surface area contributed by atoms with Crippen LogP contribution in [0.5, 0.6) is 0 Å². The molecule has 0 unspecified atom stereocenters. The molecular weight excluding hydrogens is 1820 g/mol. The van der Waals surface area contributed by atoms with Gasteiger partial charge < -0.3 is 9.31 Å². The maximum absolute atomic E-state index is 7.10. The van der Waals surface area contributed by atoms with Gasteiger partial charge in [0.25, 0.3) is 0 Å². The molecule has 1 aliphatic rings. The number of benzene rings is 20. The SMILES string of the molecule is CC1(C)OB(c2ccc(-n3c(-c4ccccc4)nc4ccccc43)cc2)OC1(C)C.Clc1cc(-c2cc3ccccc3c3ccccc23)nc2c1cc(-c1ccc3ccccc3c1)c1ccccc12.[U].c1ccc(-c2nc3ccccc3n2-c2ccc(-c3cc(-c4cc5ccccc5c5ccccc45)nc4c3cc(-c3ccc5ccccc5c3)c3ccccc34)cc2)cc1. The standard InChI is InChI=1S/C56H35N3.C37H22ClN.C25H25BN2O2.U/c1-2-15-38(16-3-1)56-58-52-24-12-13-25-54(52)59(56)42-30-28-37(29-31-42)49-35-53(50-33-40-18-6-7-19-43(40)44-20-8-9-21-45(44)50)57-55-47-23-11-10-22-46(47)48(34-51(49)55)41-27-26-36-14-4-5-17-39(36)32-41;38-35-22-36(33-20-25-11-3-4-12-27(25)28-13-5-6-14-29(28)33)39-37-31-16-8-7-15-30(31)32(21-34(35)37)26-18-17-23-9-1-2-10-24(23)19-26;1-24(2)25(3,4)30-26(29-24)19-14-16-20(17-15-19)28-22-13-9-8-12-21(22)27-23(28)18-10-6-5-7-11-18;/h1-35H;1-22H;5-17H,1-4H3;. The summed E-state index contributed by atoms with van der Waals surface area (Å²) >= 11 is 7.10. The Morgan fingerprint density at radius 3 is 1.05 bits per heavy atom. The summed E-state index contributed by atoms with van der Waals surface area (Å²) in [4.78, 5) is 20.9. The Labute approximate surface area is 775 Å². The van der Waals surface area contributed by atoms with Gasteiger partial charge in [-0.2, -0.15) is 0 Å². The van der Waals surface area contributed by atoms with Crippen LogP contribution in [0.4, 0.5) is 0 Å². The van der Waals surface area contributed by atoms with Gasteiger partial charge in [0.05, 0.1) is 60.7 Å². The van der Waals surface area contributed by atoms with Crippen LogP contribution in [0.2, 0.25) is 5.02 Å². The van der Waals surface area contributed by atoms with Gasteiger partial charge in [-0.25, -0.2) is 19.9 Å². The van der Waals surface area contributed by atoms with Crippen LogP contribution < -0.4 is 5.46 Å². The van der Waals surface area contributed by atoms with Gasteiger partial charge in [-0.1, -0.05) is 339 Å². The summed E-state index contributed by atoms with van der Waals surface area (Å²) in [5, 5.41) is 22.0. The Morgan fingerprint density at radius 2 is 0.589 bits per heavy atom. The number of hydrogen-bond donors (Lipinski definition) is 0. The molecule has 0 bridgehead atoms. The Morgan fingerprint density at radius 1 is 0.248 bits per heavy atom. The Kier molecular flexibility index (Phi) is 20.6. The molecule has 0 spiro atoms. The van der Waals surface area contributed by atoms with Gasteiger partial charge in [-0.05, 0) is 239 Å². The van der Waals surface area contributed by atoms with Crippen molar-refractivity contribution in [2.24, 2.45) is 0 Å². The van der Waals surface area contributed by atoms with Crippen LogP contribution in [-0.2, 0) is 9.31 Å². The molecule has 0 aliphatic carbocycles. The average Bonchev–Trinajstić information content (AvgIpc) is 1.03. The maximum atomic E-state index is 7.10. The van der Waals surface area contributed by atoms with E-state index in [2.05, 4.69) is 419 Å². The molecule has 1 saturated heterocycles. The summed E-state index contributed by atoms with van der Waals surface area (Å²) in [5.74, 6) is 1.85. The number of hydrogen-bond acceptors (Lipinski definition) is 6. The molecule has 0 saturated carbocycles. The first-order valence-electron chi connectivity index (χ1n) is 43.7. The van der Waals surface area contributed by atoms with Crippen LogP contribution in [0.3, 0.4) is 0 Å². The van der Waals surface area contributed by atoms with Crippen molar-refractivity contribution in [2.45, 2.75) is 38.9 Å². The minimum atomic E-state index is -0.364. The molecule has 20 aromatic carbocycles. The number of fused-ring (bicyclic) bond motifs is 16. The van der Waals surface area contributed by atoms with Crippen LogP contribution in [0.1, 0.15) is 27.7 Å². The number of halogens is 1. The molecule has 1 fully saturated rings. The fraction of sp³-hybridized carbons (Fsp3) is 0.0508. The molecular formula is C118H82BClN6O2U. The van der Waals surface area contributed by atoms with Gasteiger partial charge in [-0.3, -0.25) is 9.13 Å². The molecule has 129 heavy (non-hydrogen) atoms. The van der Waals surface area contributed by atoms with Crippen molar-refractivity contribution in [1.29, 1.82) is 0 Å². The van der Waals surface area contributed by atoms with Crippen LogP contribution in [0.15, 0.2) is 425 Å². The third kappa shape index (κ3) is 14.5. The zero-order chi connectivity index (χ0) is 85.7. The second-order valence-corrected chi connectivity index (χ2v) is 34.7. The number of rotatable bonds is 10. The Hall–Kier alpha value is -14.4. The fourth-order valence-electron chi connectivity index (χ4n) is 19.0. The molecule has 11 heteroatoms. The van der Waals surface area contributed by atoms with E-state index in [0.717, 1.165) is 133 Å². The number of imidazole rings is 2. The first-order chi connectivity index (χ1) is 62.8. The molecule has 0 radical (unpaired) electrons. The third-order valence-corrected chi connectivity index (χ3v) is 26.4. The number of pyridine rings is 2. The minimum Gasteiger partial charge on any atom is -0.399 e. The number of nitrogens with zero attached hydrogens (tertiary/aromatic N) is 6. The van der Waals surface area contributed by atoms with Gasteiger partial charge >= 0.3 is 7.12 Å². The van der Waals surface area contributed by atoms with E-state index in [4.69, 9.17) is 40.8 Å². The smallest absolute Gasteiger partial charge is 0.399 e. The van der Waals surface area contributed by atoms with Crippen LogP contribution in [0.25, 0.3) is 220 Å². The van der Waals surface area contributed by atoms with E-state index < -0.39 is 0 Å². The largest absolute Gasteiger partial charge is 0.494 e. The summed E-state index contributed by atoms with van der Waals surface area (Å²) in [5.41, 5.74) is 21.7. The van der Waals surface area contributed by atoms with Crippen molar-refractivity contribution in [3.63, 3.8) is 0 Å². The van der Waals surface area contributed by atoms with Gasteiger partial charge in [0.2, 0.25) is 0 Å². The molecule has 0 N–H and O–H groups in total. The van der Waals surface area contributed by atoms with Gasteiger partial charge in [-0.15, -0.1) is 0 Å². The molecule has 610 valence electrons. The summed E-state index contributed by atoms with van der Waals surface area (Å²) < 4.78 is 16.9. The van der Waals surface area contributed by atoms with Crippen molar-refractivity contribution < 1.29 is 40.4 Å². The van der Waals surface area contributed by atoms with Crippen molar-refractivity contribution in [3.05, 3.63) is 430 Å². The second-order valence-electron chi connectivity index (χ2n) is 34.3. The predicted molar refractivity (Wildman–Crippen MR) is 538 cm³/mol. The second kappa shape index (κ2) is 33.1. The topological polar surface area (TPSA) is 79.9 Å². The van der Waals surface area contributed by atoms with Crippen molar-refractivity contribution >= 4 is 154 Å². The number of para-hydroxylation sites is 4.